The van der Waals surface area contributed by atoms with E-state index in [0.29, 0.717) is 11.4 Å². The van der Waals surface area contributed by atoms with Gasteiger partial charge in [-0.1, -0.05) is 45.0 Å². The number of benzene rings is 2. The summed E-state index contributed by atoms with van der Waals surface area (Å²) in [4.78, 5) is 23.9. The van der Waals surface area contributed by atoms with Gasteiger partial charge >= 0.3 is 0 Å². The van der Waals surface area contributed by atoms with Crippen LogP contribution in [0.25, 0.3) is 11.0 Å². The Morgan fingerprint density at radius 3 is 2.24 bits per heavy atom. The SMILES string of the molecule is COc1ccccc1NC(=O)[C@]12CC[C@](C)(c3nc4ccccc4nc31)C2(C)C. The summed E-state index contributed by atoms with van der Waals surface area (Å²) in [6.45, 7) is 6.62. The highest BCUT2D eigenvalue weighted by atomic mass is 16.5. The molecule has 2 atom stereocenters. The number of nitrogens with one attached hydrogen (secondary N) is 1. The van der Waals surface area contributed by atoms with Crippen LogP contribution in [0.2, 0.25) is 0 Å². The molecule has 148 valence electrons. The molecule has 1 amide bonds. The molecule has 0 radical (unpaired) electrons. The van der Waals surface area contributed by atoms with E-state index in [-0.39, 0.29) is 16.7 Å². The molecule has 1 N–H and O–H groups in total. The van der Waals surface area contributed by atoms with Crippen LogP contribution >= 0.6 is 0 Å². The fourth-order valence-electron chi connectivity index (χ4n) is 5.53. The lowest BCUT2D eigenvalue weighted by Crippen LogP contribution is -2.48. The zero-order valence-corrected chi connectivity index (χ0v) is 17.2. The van der Waals surface area contributed by atoms with Crippen LogP contribution in [0.5, 0.6) is 5.75 Å². The summed E-state index contributed by atoms with van der Waals surface area (Å²) in [7, 11) is 1.61. The zero-order chi connectivity index (χ0) is 20.4. The van der Waals surface area contributed by atoms with Crippen LogP contribution in [0.4, 0.5) is 5.69 Å². The minimum Gasteiger partial charge on any atom is -0.495 e. The van der Waals surface area contributed by atoms with Gasteiger partial charge in [-0.25, -0.2) is 9.97 Å². The van der Waals surface area contributed by atoms with E-state index in [1.54, 1.807) is 7.11 Å². The number of carbonyl (C=O) groups excluding carboxylic acids is 1. The number of ether oxygens (including phenoxy) is 1. The lowest BCUT2D eigenvalue weighted by molar-refractivity contribution is -0.125. The number of aromatic nitrogens is 2. The van der Waals surface area contributed by atoms with Crippen LogP contribution in [0.15, 0.2) is 48.5 Å². The summed E-state index contributed by atoms with van der Waals surface area (Å²) in [5.74, 6) is 0.623. The third kappa shape index (κ3) is 2.08. The van der Waals surface area contributed by atoms with Crippen LogP contribution in [-0.2, 0) is 15.6 Å². The molecular formula is C24H25N3O2. The molecule has 2 aliphatic rings. The van der Waals surface area contributed by atoms with Gasteiger partial charge in [0, 0.05) is 5.41 Å². The van der Waals surface area contributed by atoms with Crippen LogP contribution in [0, 0.1) is 5.41 Å². The van der Waals surface area contributed by atoms with E-state index >= 15 is 0 Å². The average molecular weight is 387 g/mol. The summed E-state index contributed by atoms with van der Waals surface area (Å²) in [6, 6.07) is 15.4. The summed E-state index contributed by atoms with van der Waals surface area (Å²) in [6.07, 6.45) is 1.68. The Balaban J connectivity index is 1.70. The van der Waals surface area contributed by atoms with Gasteiger partial charge < -0.3 is 10.1 Å². The van der Waals surface area contributed by atoms with Crippen molar-refractivity contribution in [2.75, 3.05) is 12.4 Å². The van der Waals surface area contributed by atoms with E-state index in [2.05, 4.69) is 26.1 Å². The molecule has 5 rings (SSSR count). The maximum absolute atomic E-state index is 13.9. The Morgan fingerprint density at radius 1 is 0.931 bits per heavy atom. The second-order valence-electron chi connectivity index (χ2n) is 8.93. The van der Waals surface area contributed by atoms with Crippen molar-refractivity contribution in [1.29, 1.82) is 0 Å². The number of hydrogen-bond acceptors (Lipinski definition) is 4. The van der Waals surface area contributed by atoms with Crippen LogP contribution in [0.1, 0.15) is 45.0 Å². The van der Waals surface area contributed by atoms with Crippen molar-refractivity contribution in [1.82, 2.24) is 9.97 Å². The summed E-state index contributed by atoms with van der Waals surface area (Å²) in [5.41, 5.74) is 2.97. The first-order valence-electron chi connectivity index (χ1n) is 10.1. The molecular weight excluding hydrogens is 362 g/mol. The molecule has 0 saturated heterocycles. The minimum atomic E-state index is -0.727. The summed E-state index contributed by atoms with van der Waals surface area (Å²) < 4.78 is 5.44. The topological polar surface area (TPSA) is 64.1 Å². The Labute approximate surface area is 170 Å². The molecule has 0 spiro atoms. The number of rotatable bonds is 3. The van der Waals surface area contributed by atoms with E-state index in [4.69, 9.17) is 14.7 Å². The highest BCUT2D eigenvalue weighted by Gasteiger charge is 2.73. The van der Waals surface area contributed by atoms with Gasteiger partial charge in [-0.05, 0) is 42.5 Å². The Morgan fingerprint density at radius 2 is 1.55 bits per heavy atom. The van der Waals surface area contributed by atoms with Crippen molar-refractivity contribution in [3.8, 4) is 5.75 Å². The van der Waals surface area contributed by atoms with Crippen LogP contribution in [0.3, 0.4) is 0 Å². The van der Waals surface area contributed by atoms with E-state index in [1.807, 2.05) is 48.5 Å². The molecule has 2 aromatic carbocycles. The van der Waals surface area contributed by atoms with Gasteiger partial charge in [0.2, 0.25) is 5.91 Å². The monoisotopic (exact) mass is 387 g/mol. The number of carbonyl (C=O) groups is 1. The molecule has 1 aromatic heterocycles. The molecule has 3 aromatic rings. The van der Waals surface area contributed by atoms with Crippen molar-refractivity contribution >= 4 is 22.6 Å². The quantitative estimate of drug-likeness (QED) is 0.713. The van der Waals surface area contributed by atoms with Crippen LogP contribution < -0.4 is 10.1 Å². The third-order valence-electron chi connectivity index (χ3n) is 7.69. The van der Waals surface area contributed by atoms with Crippen molar-refractivity contribution in [3.05, 3.63) is 59.9 Å². The predicted molar refractivity (Wildman–Crippen MR) is 113 cm³/mol. The van der Waals surface area contributed by atoms with E-state index in [9.17, 15) is 4.79 Å². The fraction of sp³-hybridized carbons (Fsp3) is 0.375. The van der Waals surface area contributed by atoms with Crippen molar-refractivity contribution in [2.24, 2.45) is 5.41 Å². The molecule has 1 fully saturated rings. The largest absolute Gasteiger partial charge is 0.495 e. The van der Waals surface area contributed by atoms with E-state index in [0.717, 1.165) is 35.3 Å². The first-order chi connectivity index (χ1) is 13.8. The maximum atomic E-state index is 13.9. The third-order valence-corrected chi connectivity index (χ3v) is 7.69. The highest BCUT2D eigenvalue weighted by molar-refractivity contribution is 6.02. The number of fused-ring (bicyclic) bond motifs is 6. The van der Waals surface area contributed by atoms with Crippen molar-refractivity contribution in [3.63, 3.8) is 0 Å². The van der Waals surface area contributed by atoms with Gasteiger partial charge in [0.05, 0.1) is 40.6 Å². The maximum Gasteiger partial charge on any atom is 0.237 e. The number of para-hydroxylation sites is 4. The molecule has 29 heavy (non-hydrogen) atoms. The van der Waals surface area contributed by atoms with Crippen molar-refractivity contribution in [2.45, 2.75) is 44.4 Å². The molecule has 1 heterocycles. The first kappa shape index (κ1) is 18.1. The zero-order valence-electron chi connectivity index (χ0n) is 17.2. The van der Waals surface area contributed by atoms with Gasteiger partial charge in [0.15, 0.2) is 0 Å². The second kappa shape index (κ2) is 5.78. The lowest BCUT2D eigenvalue weighted by Gasteiger charge is -2.39. The van der Waals surface area contributed by atoms with Gasteiger partial charge in [0.1, 0.15) is 5.75 Å². The smallest absolute Gasteiger partial charge is 0.237 e. The second-order valence-corrected chi connectivity index (χ2v) is 8.93. The molecule has 0 unspecified atom stereocenters. The normalized spacial score (nSPS) is 26.3. The van der Waals surface area contributed by atoms with Crippen LogP contribution in [-0.4, -0.2) is 23.0 Å². The summed E-state index contributed by atoms with van der Waals surface area (Å²) in [5, 5.41) is 3.15. The van der Waals surface area contributed by atoms with Gasteiger partial charge in [-0.15, -0.1) is 0 Å². The standard InChI is InChI=1S/C24H25N3O2/c1-22(2)23(3)13-14-24(22,21(28)27-17-11-7-8-12-18(17)29-4)20-19(23)25-15-9-5-6-10-16(15)26-20/h5-12H,13-14H2,1-4H3,(H,27,28)/t23-,24+/m1/s1. The average Bonchev–Trinajstić information content (AvgIpc) is 3.02. The number of anilines is 1. The molecule has 1 saturated carbocycles. The van der Waals surface area contributed by atoms with E-state index in [1.165, 1.54) is 0 Å². The highest BCUT2D eigenvalue weighted by Crippen LogP contribution is 2.70. The number of methoxy groups -OCH3 is 1. The van der Waals surface area contributed by atoms with Gasteiger partial charge in [-0.2, -0.15) is 0 Å². The number of amides is 1. The molecule has 2 bridgehead atoms. The summed E-state index contributed by atoms with van der Waals surface area (Å²) >= 11 is 0. The van der Waals surface area contributed by atoms with Gasteiger partial charge in [0.25, 0.3) is 0 Å². The first-order valence-corrected chi connectivity index (χ1v) is 10.1. The van der Waals surface area contributed by atoms with Crippen molar-refractivity contribution < 1.29 is 9.53 Å². The Kier molecular flexibility index (Phi) is 3.61. The van der Waals surface area contributed by atoms with Gasteiger partial charge in [-0.3, -0.25) is 4.79 Å². The lowest BCUT2D eigenvalue weighted by atomic mass is 9.63. The Bertz CT molecular complexity index is 1160. The Hall–Kier alpha value is -2.95. The number of nitrogens with zero attached hydrogens (tertiary/aromatic N) is 2. The molecule has 2 aliphatic carbocycles. The predicted octanol–water partition coefficient (Wildman–Crippen LogP) is 4.61. The molecule has 5 nitrogen and oxygen atoms in total. The molecule has 5 heteroatoms. The fourth-order valence-corrected chi connectivity index (χ4v) is 5.53. The minimum absolute atomic E-state index is 0.0287. The molecule has 0 aliphatic heterocycles. The number of hydrogen-bond donors (Lipinski definition) is 1. The van der Waals surface area contributed by atoms with E-state index < -0.39 is 5.41 Å².